The minimum atomic E-state index is -0.0292. The maximum absolute atomic E-state index is 12.6. The highest BCUT2D eigenvalue weighted by molar-refractivity contribution is 9.10. The van der Waals surface area contributed by atoms with Gasteiger partial charge in [-0.05, 0) is 73.5 Å². The summed E-state index contributed by atoms with van der Waals surface area (Å²) in [6.45, 7) is 0. The molecule has 5 rings (SSSR count). The lowest BCUT2D eigenvalue weighted by Crippen LogP contribution is -2.21. The fourth-order valence-corrected chi connectivity index (χ4v) is 4.75. The van der Waals surface area contributed by atoms with Gasteiger partial charge in [-0.2, -0.15) is 0 Å². The summed E-state index contributed by atoms with van der Waals surface area (Å²) >= 11 is 4.99. The van der Waals surface area contributed by atoms with Crippen LogP contribution in [-0.4, -0.2) is 10.5 Å². The molecule has 1 saturated carbocycles. The molecule has 1 aliphatic carbocycles. The molecular formula is C26H22BrN3O2S. The highest BCUT2D eigenvalue weighted by Crippen LogP contribution is 2.35. The molecule has 1 N–H and O–H groups in total. The first-order valence-electron chi connectivity index (χ1n) is 10.8. The van der Waals surface area contributed by atoms with Crippen LogP contribution in [0.4, 0.5) is 11.4 Å². The van der Waals surface area contributed by atoms with E-state index in [9.17, 15) is 4.79 Å². The summed E-state index contributed by atoms with van der Waals surface area (Å²) in [5.41, 5.74) is 2.65. The number of rotatable bonds is 7. The first kappa shape index (κ1) is 21.7. The van der Waals surface area contributed by atoms with Crippen LogP contribution >= 0.6 is 27.3 Å². The number of ether oxygens (including phenoxy) is 1. The molecule has 4 aromatic rings. The van der Waals surface area contributed by atoms with Gasteiger partial charge in [0.25, 0.3) is 0 Å². The second-order valence-electron chi connectivity index (χ2n) is 7.86. The van der Waals surface area contributed by atoms with Gasteiger partial charge in [-0.25, -0.2) is 4.99 Å². The molecule has 0 unspecified atom stereocenters. The number of nitrogens with one attached hydrogen (secondary N) is 1. The number of amides is 1. The molecule has 0 radical (unpaired) electrons. The number of nitrogens with zero attached hydrogens (tertiary/aromatic N) is 2. The Hall–Kier alpha value is -3.16. The van der Waals surface area contributed by atoms with Gasteiger partial charge in [0.15, 0.2) is 4.80 Å². The number of hydrogen-bond acceptors (Lipinski definition) is 4. The first-order chi connectivity index (χ1) is 16.1. The molecule has 0 atom stereocenters. The normalized spacial score (nSPS) is 13.7. The van der Waals surface area contributed by atoms with Crippen LogP contribution in [0, 0.1) is 0 Å². The molecule has 3 aromatic carbocycles. The predicted octanol–water partition coefficient (Wildman–Crippen LogP) is 6.85. The van der Waals surface area contributed by atoms with E-state index in [-0.39, 0.29) is 5.91 Å². The largest absolute Gasteiger partial charge is 0.457 e. The van der Waals surface area contributed by atoms with E-state index in [0.717, 1.165) is 50.7 Å². The first-order valence-corrected chi connectivity index (χ1v) is 12.4. The number of carbonyl (C=O) groups is 1. The monoisotopic (exact) mass is 519 g/mol. The van der Waals surface area contributed by atoms with Crippen LogP contribution in [0.1, 0.15) is 24.6 Å². The number of halogens is 1. The van der Waals surface area contributed by atoms with Crippen LogP contribution in [0.25, 0.3) is 0 Å². The van der Waals surface area contributed by atoms with Gasteiger partial charge in [-0.15, -0.1) is 11.3 Å². The number of aromatic nitrogens is 1. The van der Waals surface area contributed by atoms with Crippen molar-refractivity contribution in [2.75, 3.05) is 5.32 Å². The van der Waals surface area contributed by atoms with E-state index in [1.165, 1.54) is 0 Å². The Morgan fingerprint density at radius 3 is 2.39 bits per heavy atom. The molecule has 1 heterocycles. The second-order valence-corrected chi connectivity index (χ2v) is 9.62. The zero-order chi connectivity index (χ0) is 22.6. The van der Waals surface area contributed by atoms with Gasteiger partial charge >= 0.3 is 0 Å². The van der Waals surface area contributed by atoms with Gasteiger partial charge in [0.2, 0.25) is 5.91 Å². The molecule has 7 heteroatoms. The SMILES string of the molecule is O=C(Cc1csc(=Nc2ccc(Oc3ccccc3)cc2)n1C1CC1)Nc1ccc(Br)cc1. The minimum absolute atomic E-state index is 0.0292. The Morgan fingerprint density at radius 2 is 1.70 bits per heavy atom. The van der Waals surface area contributed by atoms with E-state index < -0.39 is 0 Å². The van der Waals surface area contributed by atoms with Crippen LogP contribution in [0.3, 0.4) is 0 Å². The van der Waals surface area contributed by atoms with Gasteiger partial charge in [0.1, 0.15) is 11.5 Å². The molecule has 0 aliphatic heterocycles. The fourth-order valence-electron chi connectivity index (χ4n) is 3.51. The highest BCUT2D eigenvalue weighted by Gasteiger charge is 2.27. The van der Waals surface area contributed by atoms with Crippen molar-refractivity contribution in [2.45, 2.75) is 25.3 Å². The van der Waals surface area contributed by atoms with Crippen LogP contribution in [0.5, 0.6) is 11.5 Å². The minimum Gasteiger partial charge on any atom is -0.457 e. The Morgan fingerprint density at radius 1 is 1.00 bits per heavy atom. The van der Waals surface area contributed by atoms with Crippen molar-refractivity contribution >= 4 is 44.5 Å². The molecule has 1 aromatic heterocycles. The number of carbonyl (C=O) groups excluding carboxylic acids is 1. The zero-order valence-electron chi connectivity index (χ0n) is 17.8. The topological polar surface area (TPSA) is 55.6 Å². The van der Waals surface area contributed by atoms with Crippen molar-refractivity contribution in [3.8, 4) is 11.5 Å². The van der Waals surface area contributed by atoms with E-state index in [1.807, 2.05) is 84.2 Å². The summed E-state index contributed by atoms with van der Waals surface area (Å²) in [4.78, 5) is 18.4. The Bertz CT molecular complexity index is 1310. The fraction of sp³-hybridized carbons (Fsp3) is 0.154. The second kappa shape index (κ2) is 9.77. The Labute approximate surface area is 204 Å². The highest BCUT2D eigenvalue weighted by atomic mass is 79.9. The number of thiazole rings is 1. The van der Waals surface area contributed by atoms with Crippen LogP contribution in [-0.2, 0) is 11.2 Å². The lowest BCUT2D eigenvalue weighted by molar-refractivity contribution is -0.115. The van der Waals surface area contributed by atoms with Gasteiger partial charge < -0.3 is 14.6 Å². The number of hydrogen-bond donors (Lipinski definition) is 1. The molecule has 0 saturated heterocycles. The molecule has 1 amide bonds. The smallest absolute Gasteiger partial charge is 0.230 e. The van der Waals surface area contributed by atoms with E-state index in [2.05, 4.69) is 25.8 Å². The summed E-state index contributed by atoms with van der Waals surface area (Å²) in [7, 11) is 0. The quantitative estimate of drug-likeness (QED) is 0.290. The summed E-state index contributed by atoms with van der Waals surface area (Å²) in [6.07, 6.45) is 2.56. The van der Waals surface area contributed by atoms with E-state index in [4.69, 9.17) is 9.73 Å². The van der Waals surface area contributed by atoms with Crippen molar-refractivity contribution in [2.24, 2.45) is 4.99 Å². The summed E-state index contributed by atoms with van der Waals surface area (Å²) in [6, 6.07) is 25.5. The van der Waals surface area contributed by atoms with Crippen molar-refractivity contribution in [1.82, 2.24) is 4.57 Å². The summed E-state index contributed by atoms with van der Waals surface area (Å²) < 4.78 is 9.07. The third-order valence-electron chi connectivity index (χ3n) is 5.24. The molecule has 0 bridgehead atoms. The van der Waals surface area contributed by atoms with Crippen LogP contribution in [0.15, 0.2) is 93.7 Å². The molecule has 1 fully saturated rings. The van der Waals surface area contributed by atoms with Gasteiger partial charge in [0, 0.05) is 27.3 Å². The maximum Gasteiger partial charge on any atom is 0.230 e. The van der Waals surface area contributed by atoms with Crippen LogP contribution in [0.2, 0.25) is 0 Å². The Balaban J connectivity index is 1.32. The maximum atomic E-state index is 12.6. The molecule has 33 heavy (non-hydrogen) atoms. The summed E-state index contributed by atoms with van der Waals surface area (Å²) in [5, 5.41) is 5.02. The van der Waals surface area contributed by atoms with Gasteiger partial charge in [0.05, 0.1) is 12.1 Å². The molecular weight excluding hydrogens is 498 g/mol. The standard InChI is InChI=1S/C26H22BrN3O2S/c27-18-6-8-19(9-7-18)28-25(31)16-22-17-33-26(30(22)21-12-13-21)29-20-10-14-24(15-11-20)32-23-4-2-1-3-5-23/h1-11,14-15,17,21H,12-13,16H2,(H,28,31). The van der Waals surface area contributed by atoms with Gasteiger partial charge in [-0.3, -0.25) is 4.79 Å². The summed E-state index contributed by atoms with van der Waals surface area (Å²) in [5.74, 6) is 1.54. The third kappa shape index (κ3) is 5.61. The average Bonchev–Trinajstić information content (AvgIpc) is 3.59. The van der Waals surface area contributed by atoms with E-state index in [1.54, 1.807) is 11.3 Å². The molecule has 1 aliphatic rings. The number of anilines is 1. The zero-order valence-corrected chi connectivity index (χ0v) is 20.2. The molecule has 166 valence electrons. The lowest BCUT2D eigenvalue weighted by Gasteiger charge is -2.09. The van der Waals surface area contributed by atoms with Gasteiger partial charge in [-0.1, -0.05) is 34.1 Å². The lowest BCUT2D eigenvalue weighted by atomic mass is 10.2. The Kier molecular flexibility index (Phi) is 6.41. The van der Waals surface area contributed by atoms with Crippen molar-refractivity contribution < 1.29 is 9.53 Å². The van der Waals surface area contributed by atoms with Crippen molar-refractivity contribution in [3.05, 3.63) is 99.2 Å². The predicted molar refractivity (Wildman–Crippen MR) is 135 cm³/mol. The average molecular weight is 520 g/mol. The number of para-hydroxylation sites is 1. The van der Waals surface area contributed by atoms with Crippen LogP contribution < -0.4 is 14.9 Å². The van der Waals surface area contributed by atoms with Crippen molar-refractivity contribution in [1.29, 1.82) is 0 Å². The van der Waals surface area contributed by atoms with Crippen molar-refractivity contribution in [3.63, 3.8) is 0 Å². The molecule has 5 nitrogen and oxygen atoms in total. The third-order valence-corrected chi connectivity index (χ3v) is 6.66. The molecule has 0 spiro atoms. The van der Waals surface area contributed by atoms with E-state index >= 15 is 0 Å². The number of benzene rings is 3. The van der Waals surface area contributed by atoms with E-state index in [0.29, 0.717) is 12.5 Å².